The molecule has 94 valence electrons. The van der Waals surface area contributed by atoms with Crippen molar-refractivity contribution in [3.05, 3.63) is 28.2 Å². The molecule has 5 heteroatoms. The Morgan fingerprint density at radius 2 is 2.29 bits per heavy atom. The smallest absolute Gasteiger partial charge is 0.344 e. The van der Waals surface area contributed by atoms with Gasteiger partial charge in [0.05, 0.1) is 0 Å². The number of carbonyl (C=O) groups is 1. The van der Waals surface area contributed by atoms with Crippen LogP contribution in [-0.2, 0) is 11.2 Å². The van der Waals surface area contributed by atoms with Crippen molar-refractivity contribution in [2.24, 2.45) is 5.73 Å². The summed E-state index contributed by atoms with van der Waals surface area (Å²) in [5.74, 6) is -0.387. The molecule has 17 heavy (non-hydrogen) atoms. The number of hydrogen-bond acceptors (Lipinski definition) is 3. The highest BCUT2D eigenvalue weighted by Gasteiger charge is 2.17. The summed E-state index contributed by atoms with van der Waals surface area (Å²) in [5, 5.41) is 8.91. The van der Waals surface area contributed by atoms with E-state index in [0.29, 0.717) is 18.7 Å². The predicted molar refractivity (Wildman–Crippen MR) is 69.2 cm³/mol. The molecular formula is C12H16BrNO3. The molecule has 0 amide bonds. The van der Waals surface area contributed by atoms with E-state index >= 15 is 0 Å². The lowest BCUT2D eigenvalue weighted by Gasteiger charge is -2.14. The summed E-state index contributed by atoms with van der Waals surface area (Å²) in [5.41, 5.74) is 6.52. The molecule has 0 aromatic heterocycles. The van der Waals surface area contributed by atoms with Gasteiger partial charge in [-0.05, 0) is 43.1 Å². The van der Waals surface area contributed by atoms with Crippen LogP contribution in [0.3, 0.4) is 0 Å². The van der Waals surface area contributed by atoms with Crippen molar-refractivity contribution < 1.29 is 14.6 Å². The first kappa shape index (κ1) is 14.0. The average Bonchev–Trinajstić information content (AvgIpc) is 2.30. The Balaban J connectivity index is 2.84. The molecule has 0 spiro atoms. The fraction of sp³-hybridized carbons (Fsp3) is 0.417. The first-order valence-corrected chi connectivity index (χ1v) is 6.25. The van der Waals surface area contributed by atoms with Gasteiger partial charge in [-0.3, -0.25) is 0 Å². The van der Waals surface area contributed by atoms with Crippen LogP contribution in [0.2, 0.25) is 0 Å². The molecular weight excluding hydrogens is 286 g/mol. The van der Waals surface area contributed by atoms with Crippen LogP contribution >= 0.6 is 15.9 Å². The van der Waals surface area contributed by atoms with Gasteiger partial charge >= 0.3 is 5.97 Å². The molecule has 1 atom stereocenters. The summed E-state index contributed by atoms with van der Waals surface area (Å²) >= 11 is 3.42. The lowest BCUT2D eigenvalue weighted by molar-refractivity contribution is -0.145. The zero-order chi connectivity index (χ0) is 12.8. The molecule has 1 aromatic carbocycles. The number of rotatable bonds is 6. The molecule has 0 saturated carbocycles. The van der Waals surface area contributed by atoms with Crippen molar-refractivity contribution in [3.8, 4) is 5.75 Å². The van der Waals surface area contributed by atoms with E-state index in [1.807, 2.05) is 12.1 Å². The third kappa shape index (κ3) is 4.02. The number of aliphatic carboxylic acids is 1. The molecule has 3 N–H and O–H groups in total. The second kappa shape index (κ2) is 6.61. The SMILES string of the molecule is CCC(Oc1ccc(Br)c(CCN)c1)C(=O)O. The van der Waals surface area contributed by atoms with Gasteiger partial charge in [-0.15, -0.1) is 0 Å². The van der Waals surface area contributed by atoms with Crippen LogP contribution in [0, 0.1) is 0 Å². The van der Waals surface area contributed by atoms with Gasteiger partial charge in [-0.25, -0.2) is 4.79 Å². The van der Waals surface area contributed by atoms with E-state index in [1.165, 1.54) is 0 Å². The molecule has 1 rings (SSSR count). The molecule has 0 radical (unpaired) electrons. The third-order valence-electron chi connectivity index (χ3n) is 2.36. The summed E-state index contributed by atoms with van der Waals surface area (Å²) < 4.78 is 6.36. The highest BCUT2D eigenvalue weighted by atomic mass is 79.9. The van der Waals surface area contributed by atoms with E-state index in [1.54, 1.807) is 13.0 Å². The van der Waals surface area contributed by atoms with Crippen molar-refractivity contribution in [2.45, 2.75) is 25.9 Å². The molecule has 4 nitrogen and oxygen atoms in total. The zero-order valence-corrected chi connectivity index (χ0v) is 11.2. The number of halogens is 1. The summed E-state index contributed by atoms with van der Waals surface area (Å²) in [4.78, 5) is 10.9. The Bertz CT molecular complexity index is 395. The zero-order valence-electron chi connectivity index (χ0n) is 9.65. The van der Waals surface area contributed by atoms with E-state index in [-0.39, 0.29) is 0 Å². The normalized spacial score (nSPS) is 12.2. The molecule has 1 unspecified atom stereocenters. The maximum Gasteiger partial charge on any atom is 0.344 e. The molecule has 0 aliphatic carbocycles. The highest BCUT2D eigenvalue weighted by Crippen LogP contribution is 2.24. The first-order valence-electron chi connectivity index (χ1n) is 5.46. The van der Waals surface area contributed by atoms with E-state index in [4.69, 9.17) is 15.6 Å². The minimum absolute atomic E-state index is 0.428. The highest BCUT2D eigenvalue weighted by molar-refractivity contribution is 9.10. The van der Waals surface area contributed by atoms with E-state index < -0.39 is 12.1 Å². The van der Waals surface area contributed by atoms with Gasteiger partial charge in [0.2, 0.25) is 0 Å². The van der Waals surface area contributed by atoms with Crippen molar-refractivity contribution in [1.29, 1.82) is 0 Å². The Morgan fingerprint density at radius 1 is 1.59 bits per heavy atom. The van der Waals surface area contributed by atoms with Crippen LogP contribution in [0.25, 0.3) is 0 Å². The Morgan fingerprint density at radius 3 is 2.82 bits per heavy atom. The number of ether oxygens (including phenoxy) is 1. The fourth-order valence-corrected chi connectivity index (χ4v) is 1.89. The summed E-state index contributed by atoms with van der Waals surface area (Å²) in [6.45, 7) is 2.32. The minimum atomic E-state index is -0.948. The molecule has 1 aromatic rings. The predicted octanol–water partition coefficient (Wildman–Crippen LogP) is 2.19. The fourth-order valence-electron chi connectivity index (χ4n) is 1.44. The lowest BCUT2D eigenvalue weighted by Crippen LogP contribution is -2.25. The van der Waals surface area contributed by atoms with Gasteiger partial charge in [0.1, 0.15) is 5.75 Å². The van der Waals surface area contributed by atoms with Gasteiger partial charge in [0.15, 0.2) is 6.10 Å². The summed E-state index contributed by atoms with van der Waals surface area (Å²) in [6, 6.07) is 5.41. The largest absolute Gasteiger partial charge is 0.479 e. The van der Waals surface area contributed by atoms with E-state index in [2.05, 4.69) is 15.9 Å². The van der Waals surface area contributed by atoms with Crippen LogP contribution in [0.1, 0.15) is 18.9 Å². The first-order chi connectivity index (χ1) is 8.08. The maximum atomic E-state index is 10.9. The maximum absolute atomic E-state index is 10.9. The van der Waals surface area contributed by atoms with E-state index in [9.17, 15) is 4.79 Å². The Kier molecular flexibility index (Phi) is 5.44. The molecule has 0 bridgehead atoms. The van der Waals surface area contributed by atoms with Crippen LogP contribution in [0.15, 0.2) is 22.7 Å². The number of hydrogen-bond donors (Lipinski definition) is 2. The van der Waals surface area contributed by atoms with Gasteiger partial charge in [0.25, 0.3) is 0 Å². The minimum Gasteiger partial charge on any atom is -0.479 e. The van der Waals surface area contributed by atoms with Crippen molar-refractivity contribution in [2.75, 3.05) is 6.54 Å². The lowest BCUT2D eigenvalue weighted by atomic mass is 10.1. The average molecular weight is 302 g/mol. The summed E-state index contributed by atoms with van der Waals surface area (Å²) in [7, 11) is 0. The van der Waals surface area contributed by atoms with Crippen LogP contribution in [-0.4, -0.2) is 23.7 Å². The van der Waals surface area contributed by atoms with Crippen LogP contribution < -0.4 is 10.5 Å². The van der Waals surface area contributed by atoms with Crippen LogP contribution in [0.4, 0.5) is 0 Å². The van der Waals surface area contributed by atoms with Gasteiger partial charge in [-0.1, -0.05) is 22.9 Å². The Labute approximate surface area is 109 Å². The van der Waals surface area contributed by atoms with Crippen molar-refractivity contribution in [3.63, 3.8) is 0 Å². The van der Waals surface area contributed by atoms with Crippen LogP contribution in [0.5, 0.6) is 5.75 Å². The molecule has 0 fully saturated rings. The quantitative estimate of drug-likeness (QED) is 0.845. The molecule has 0 aliphatic rings. The summed E-state index contributed by atoms with van der Waals surface area (Å²) in [6.07, 6.45) is 0.348. The molecule has 0 saturated heterocycles. The number of nitrogens with two attached hydrogens (primary N) is 1. The number of carboxylic acids is 1. The standard InChI is InChI=1S/C12H16BrNO3/c1-2-11(12(15)16)17-9-3-4-10(13)8(7-9)5-6-14/h3-4,7,11H,2,5-6,14H2,1H3,(H,15,16). The molecule has 0 aliphatic heterocycles. The monoisotopic (exact) mass is 301 g/mol. The number of carboxylic acid groups (broad SMARTS) is 1. The van der Waals surface area contributed by atoms with Gasteiger partial charge in [0, 0.05) is 4.47 Å². The van der Waals surface area contributed by atoms with Gasteiger partial charge < -0.3 is 15.6 Å². The second-order valence-corrected chi connectivity index (χ2v) is 4.50. The third-order valence-corrected chi connectivity index (χ3v) is 3.13. The Hall–Kier alpha value is -1.07. The number of benzene rings is 1. The van der Waals surface area contributed by atoms with Gasteiger partial charge in [-0.2, -0.15) is 0 Å². The van der Waals surface area contributed by atoms with E-state index in [0.717, 1.165) is 16.5 Å². The topological polar surface area (TPSA) is 72.5 Å². The second-order valence-electron chi connectivity index (χ2n) is 3.64. The molecule has 0 heterocycles. The van der Waals surface area contributed by atoms with Crippen molar-refractivity contribution >= 4 is 21.9 Å². The van der Waals surface area contributed by atoms with Crippen molar-refractivity contribution in [1.82, 2.24) is 0 Å².